The highest BCUT2D eigenvalue weighted by Crippen LogP contribution is 2.34. The van der Waals surface area contributed by atoms with Crippen LogP contribution in [0.15, 0.2) is 24.3 Å². The molecule has 0 spiro atoms. The van der Waals surface area contributed by atoms with E-state index in [4.69, 9.17) is 9.47 Å². The number of rotatable bonds is 4. The lowest BCUT2D eigenvalue weighted by atomic mass is 10.0. The Hall–Kier alpha value is -1.39. The smallest absolute Gasteiger partial charge is 0.223 e. The van der Waals surface area contributed by atoms with Crippen LogP contribution in [0.2, 0.25) is 0 Å². The van der Waals surface area contributed by atoms with Crippen molar-refractivity contribution in [2.75, 3.05) is 19.8 Å². The molecule has 130 valence electrons. The van der Waals surface area contributed by atoms with Gasteiger partial charge < -0.3 is 14.4 Å². The lowest BCUT2D eigenvalue weighted by Crippen LogP contribution is -2.47. The van der Waals surface area contributed by atoms with E-state index in [-0.39, 0.29) is 24.2 Å². The number of hydrogen-bond donors (Lipinski definition) is 0. The lowest BCUT2D eigenvalue weighted by Gasteiger charge is -2.32. The summed E-state index contributed by atoms with van der Waals surface area (Å²) in [6, 6.07) is 8.80. The minimum absolute atomic E-state index is 0.0576. The van der Waals surface area contributed by atoms with Crippen molar-refractivity contribution in [3.63, 3.8) is 0 Å². The minimum Gasteiger partial charge on any atom is -0.374 e. The highest BCUT2D eigenvalue weighted by molar-refractivity contribution is 5.77. The Morgan fingerprint density at radius 1 is 1.25 bits per heavy atom. The zero-order chi connectivity index (χ0) is 16.5. The topological polar surface area (TPSA) is 38.8 Å². The first-order chi connectivity index (χ1) is 11.8. The molecule has 0 N–H and O–H groups in total. The molecule has 24 heavy (non-hydrogen) atoms. The van der Waals surface area contributed by atoms with E-state index >= 15 is 0 Å². The van der Waals surface area contributed by atoms with E-state index in [9.17, 15) is 4.79 Å². The molecule has 2 aliphatic carbocycles. The molecule has 4 nitrogen and oxygen atoms in total. The van der Waals surface area contributed by atoms with Gasteiger partial charge in [0.25, 0.3) is 0 Å². The average molecular weight is 329 g/mol. The number of hydrogen-bond acceptors (Lipinski definition) is 3. The van der Waals surface area contributed by atoms with Gasteiger partial charge >= 0.3 is 0 Å². The summed E-state index contributed by atoms with van der Waals surface area (Å²) >= 11 is 0. The van der Waals surface area contributed by atoms with Crippen LogP contribution in [0.5, 0.6) is 0 Å². The predicted molar refractivity (Wildman–Crippen MR) is 91.8 cm³/mol. The van der Waals surface area contributed by atoms with Crippen LogP contribution in [0.3, 0.4) is 0 Å². The molecule has 3 aliphatic rings. The molecule has 3 atom stereocenters. The molecule has 4 rings (SSSR count). The van der Waals surface area contributed by atoms with E-state index in [0.717, 1.165) is 25.7 Å². The fraction of sp³-hybridized carbons (Fsp3) is 0.650. The quantitative estimate of drug-likeness (QED) is 0.852. The third-order valence-electron chi connectivity index (χ3n) is 5.84. The van der Waals surface area contributed by atoms with Gasteiger partial charge in [-0.1, -0.05) is 24.3 Å². The maximum absolute atomic E-state index is 13.0. The summed E-state index contributed by atoms with van der Waals surface area (Å²) in [5.41, 5.74) is 2.84. The molecule has 1 saturated carbocycles. The largest absolute Gasteiger partial charge is 0.374 e. The second kappa shape index (κ2) is 6.85. The third-order valence-corrected chi connectivity index (χ3v) is 5.84. The molecule has 1 saturated heterocycles. The van der Waals surface area contributed by atoms with Crippen molar-refractivity contribution >= 4 is 5.91 Å². The summed E-state index contributed by atoms with van der Waals surface area (Å²) in [4.78, 5) is 15.1. The van der Waals surface area contributed by atoms with Gasteiger partial charge in [-0.25, -0.2) is 0 Å². The maximum atomic E-state index is 13.0. The number of carbonyl (C=O) groups excluding carboxylic acids is 1. The number of fused-ring (bicyclic) bond motifs is 3. The molecule has 4 heteroatoms. The zero-order valence-corrected chi connectivity index (χ0v) is 14.4. The van der Waals surface area contributed by atoms with Crippen molar-refractivity contribution in [1.29, 1.82) is 0 Å². The van der Waals surface area contributed by atoms with Gasteiger partial charge in [0.1, 0.15) is 6.10 Å². The van der Waals surface area contributed by atoms with Crippen LogP contribution in [0, 0.1) is 5.92 Å². The first-order valence-electron chi connectivity index (χ1n) is 9.35. The average Bonchev–Trinajstić information content (AvgIpc) is 3.08. The Morgan fingerprint density at radius 3 is 2.71 bits per heavy atom. The lowest BCUT2D eigenvalue weighted by molar-refractivity contribution is -0.136. The van der Waals surface area contributed by atoms with Crippen molar-refractivity contribution in [2.24, 2.45) is 5.92 Å². The van der Waals surface area contributed by atoms with Gasteiger partial charge in [0, 0.05) is 19.6 Å². The van der Waals surface area contributed by atoms with Crippen LogP contribution in [0.4, 0.5) is 0 Å². The van der Waals surface area contributed by atoms with E-state index in [1.165, 1.54) is 11.1 Å². The van der Waals surface area contributed by atoms with Crippen molar-refractivity contribution in [2.45, 2.75) is 57.3 Å². The molecule has 1 amide bonds. The number of amides is 1. The molecular formula is C20H27NO3. The van der Waals surface area contributed by atoms with Gasteiger partial charge in [0.15, 0.2) is 0 Å². The standard InChI is InChI=1S/C20H27NO3/c1-2-23-20-17-7-8-18(20)24-10-9-21(17)19(22)13-14-11-15-5-3-4-6-16(15)12-14/h3-6,14,17-18,20H,2,7-13H2,1H3/t17-,18-,20-/m1/s1. The molecule has 0 unspecified atom stereocenters. The Morgan fingerprint density at radius 2 is 2.00 bits per heavy atom. The molecule has 0 aromatic heterocycles. The number of carbonyl (C=O) groups is 1. The Bertz CT molecular complexity index is 577. The summed E-state index contributed by atoms with van der Waals surface area (Å²) in [5, 5.41) is 0. The summed E-state index contributed by atoms with van der Waals surface area (Å²) in [7, 11) is 0. The molecule has 0 radical (unpaired) electrons. The van der Waals surface area contributed by atoms with E-state index in [1.54, 1.807) is 0 Å². The molecule has 2 fully saturated rings. The van der Waals surface area contributed by atoms with Gasteiger partial charge in [-0.05, 0) is 49.7 Å². The molecule has 1 aromatic carbocycles. The SMILES string of the molecule is CCO[C@@H]1[C@H]2CC[C@H]1OCCN2C(=O)CC1Cc2ccccc2C1. The van der Waals surface area contributed by atoms with Gasteiger partial charge in [-0.15, -0.1) is 0 Å². The highest BCUT2D eigenvalue weighted by Gasteiger charge is 2.44. The Labute approximate surface area is 144 Å². The van der Waals surface area contributed by atoms with Crippen LogP contribution >= 0.6 is 0 Å². The predicted octanol–water partition coefficient (Wildman–Crippen LogP) is 2.59. The first-order valence-corrected chi connectivity index (χ1v) is 9.35. The van der Waals surface area contributed by atoms with Crippen LogP contribution in [-0.4, -0.2) is 48.8 Å². The van der Waals surface area contributed by atoms with Crippen LogP contribution in [-0.2, 0) is 27.1 Å². The van der Waals surface area contributed by atoms with Crippen molar-refractivity contribution in [3.05, 3.63) is 35.4 Å². The summed E-state index contributed by atoms with van der Waals surface area (Å²) in [5.74, 6) is 0.732. The number of benzene rings is 1. The van der Waals surface area contributed by atoms with Gasteiger partial charge in [-0.2, -0.15) is 0 Å². The van der Waals surface area contributed by atoms with E-state index < -0.39 is 0 Å². The molecular weight excluding hydrogens is 302 g/mol. The summed E-state index contributed by atoms with van der Waals surface area (Å²) in [6.45, 7) is 4.05. The third kappa shape index (κ3) is 2.98. The monoisotopic (exact) mass is 329 g/mol. The highest BCUT2D eigenvalue weighted by atomic mass is 16.5. The fourth-order valence-corrected chi connectivity index (χ4v) is 4.77. The molecule has 1 heterocycles. The van der Waals surface area contributed by atoms with Crippen LogP contribution in [0.1, 0.15) is 37.3 Å². The van der Waals surface area contributed by atoms with Crippen molar-refractivity contribution in [3.8, 4) is 0 Å². The van der Waals surface area contributed by atoms with Crippen molar-refractivity contribution in [1.82, 2.24) is 4.90 Å². The van der Waals surface area contributed by atoms with E-state index in [1.807, 2.05) is 6.92 Å². The Kier molecular flexibility index (Phi) is 4.59. The van der Waals surface area contributed by atoms with Gasteiger partial charge in [-0.3, -0.25) is 4.79 Å². The van der Waals surface area contributed by atoms with Crippen molar-refractivity contribution < 1.29 is 14.3 Å². The molecule has 2 bridgehead atoms. The normalized spacial score (nSPS) is 29.5. The fourth-order valence-electron chi connectivity index (χ4n) is 4.77. The number of ether oxygens (including phenoxy) is 2. The van der Waals surface area contributed by atoms with Crippen LogP contribution in [0.25, 0.3) is 0 Å². The second-order valence-corrected chi connectivity index (χ2v) is 7.31. The summed E-state index contributed by atoms with van der Waals surface area (Å²) < 4.78 is 11.9. The van der Waals surface area contributed by atoms with E-state index in [2.05, 4.69) is 29.2 Å². The molecule has 1 aromatic rings. The Balaban J connectivity index is 1.42. The van der Waals surface area contributed by atoms with Gasteiger partial charge in [0.2, 0.25) is 5.91 Å². The van der Waals surface area contributed by atoms with E-state index in [0.29, 0.717) is 32.1 Å². The number of nitrogens with zero attached hydrogens (tertiary/aromatic N) is 1. The zero-order valence-electron chi connectivity index (χ0n) is 14.4. The van der Waals surface area contributed by atoms with Crippen LogP contribution < -0.4 is 0 Å². The minimum atomic E-state index is 0.0576. The first kappa shape index (κ1) is 16.1. The molecule has 1 aliphatic heterocycles. The second-order valence-electron chi connectivity index (χ2n) is 7.31. The van der Waals surface area contributed by atoms with Gasteiger partial charge in [0.05, 0.1) is 18.8 Å². The summed E-state index contributed by atoms with van der Waals surface area (Å²) in [6.07, 6.45) is 4.96. The maximum Gasteiger partial charge on any atom is 0.223 e.